The monoisotopic (exact) mass is 676 g/mol. The van der Waals surface area contributed by atoms with Gasteiger partial charge in [-0.2, -0.15) is 0 Å². The molecule has 0 radical (unpaired) electrons. The zero-order valence-corrected chi connectivity index (χ0v) is 28.8. The normalized spacial score (nSPS) is 11.4. The largest absolute Gasteiger partial charge is 0.456 e. The van der Waals surface area contributed by atoms with Gasteiger partial charge in [0, 0.05) is 27.5 Å². The standard InChI is InChI=1S/C50H32N2O/c1-3-15-34(16-4-1)41-20-9-10-21-42(41)38-29-39(43-23-13-25-48-49(43)44-22-11-12-24-47(44)53-48)31-40(30-38)46-32-45(51-50(52-46)35-17-5-2-6-18-35)37-27-26-33-14-7-8-19-36(33)28-37/h1-32H. The zero-order valence-electron chi connectivity index (χ0n) is 28.8. The van der Waals surface area contributed by atoms with Crippen LogP contribution in [0.1, 0.15) is 0 Å². The van der Waals surface area contributed by atoms with Crippen molar-refractivity contribution in [2.75, 3.05) is 0 Å². The van der Waals surface area contributed by atoms with Crippen molar-refractivity contribution in [2.24, 2.45) is 0 Å². The van der Waals surface area contributed by atoms with Crippen molar-refractivity contribution in [3.8, 4) is 67.3 Å². The molecule has 0 aliphatic rings. The van der Waals surface area contributed by atoms with Gasteiger partial charge >= 0.3 is 0 Å². The van der Waals surface area contributed by atoms with Gasteiger partial charge in [0.1, 0.15) is 11.2 Å². The molecule has 2 heterocycles. The molecule has 0 aliphatic heterocycles. The van der Waals surface area contributed by atoms with E-state index in [1.165, 1.54) is 21.9 Å². The quantitative estimate of drug-likeness (QED) is 0.176. The Labute approximate surface area is 307 Å². The van der Waals surface area contributed by atoms with Gasteiger partial charge in [-0.15, -0.1) is 0 Å². The van der Waals surface area contributed by atoms with Crippen LogP contribution in [0, 0.1) is 0 Å². The summed E-state index contributed by atoms with van der Waals surface area (Å²) >= 11 is 0. The fourth-order valence-corrected chi connectivity index (χ4v) is 7.51. The van der Waals surface area contributed by atoms with Crippen LogP contribution >= 0.6 is 0 Å². The summed E-state index contributed by atoms with van der Waals surface area (Å²) in [6.07, 6.45) is 0. The summed E-state index contributed by atoms with van der Waals surface area (Å²) in [5.41, 5.74) is 13.3. The molecule has 0 amide bonds. The molecule has 0 fully saturated rings. The maximum absolute atomic E-state index is 6.36. The summed E-state index contributed by atoms with van der Waals surface area (Å²) in [7, 11) is 0. The highest BCUT2D eigenvalue weighted by atomic mass is 16.3. The Morgan fingerprint density at radius 1 is 0.321 bits per heavy atom. The molecule has 0 N–H and O–H groups in total. The minimum Gasteiger partial charge on any atom is -0.456 e. The van der Waals surface area contributed by atoms with Crippen LogP contribution in [0.3, 0.4) is 0 Å². The number of hydrogen-bond acceptors (Lipinski definition) is 3. The number of nitrogens with zero attached hydrogens (tertiary/aromatic N) is 2. The van der Waals surface area contributed by atoms with Gasteiger partial charge in [-0.05, 0) is 86.6 Å². The van der Waals surface area contributed by atoms with Gasteiger partial charge in [0.2, 0.25) is 0 Å². The Morgan fingerprint density at radius 3 is 1.68 bits per heavy atom. The van der Waals surface area contributed by atoms with Gasteiger partial charge in [0.05, 0.1) is 11.4 Å². The third-order valence-electron chi connectivity index (χ3n) is 10.1. The van der Waals surface area contributed by atoms with Crippen molar-refractivity contribution in [3.63, 3.8) is 0 Å². The lowest BCUT2D eigenvalue weighted by molar-refractivity contribution is 0.669. The summed E-state index contributed by atoms with van der Waals surface area (Å²) in [5.74, 6) is 0.686. The minimum absolute atomic E-state index is 0.686. The van der Waals surface area contributed by atoms with E-state index in [1.54, 1.807) is 0 Å². The fourth-order valence-electron chi connectivity index (χ4n) is 7.51. The van der Waals surface area contributed by atoms with E-state index in [0.29, 0.717) is 5.82 Å². The molecule has 0 aliphatic carbocycles. The Bertz CT molecular complexity index is 2950. The van der Waals surface area contributed by atoms with Crippen LogP contribution in [-0.4, -0.2) is 9.97 Å². The molecule has 10 rings (SSSR count). The summed E-state index contributed by atoms with van der Waals surface area (Å²) in [5, 5.41) is 4.58. The van der Waals surface area contributed by atoms with E-state index in [-0.39, 0.29) is 0 Å². The topological polar surface area (TPSA) is 38.9 Å². The van der Waals surface area contributed by atoms with E-state index >= 15 is 0 Å². The van der Waals surface area contributed by atoms with Gasteiger partial charge in [0.15, 0.2) is 5.82 Å². The molecule has 0 atom stereocenters. The second kappa shape index (κ2) is 12.9. The van der Waals surface area contributed by atoms with Crippen LogP contribution in [0.25, 0.3) is 100.0 Å². The molecule has 10 aromatic rings. The average Bonchev–Trinajstić information content (AvgIpc) is 3.63. The molecule has 2 aromatic heterocycles. The Morgan fingerprint density at radius 2 is 0.887 bits per heavy atom. The van der Waals surface area contributed by atoms with Crippen molar-refractivity contribution >= 4 is 32.7 Å². The summed E-state index contributed by atoms with van der Waals surface area (Å²) in [4.78, 5) is 10.5. The highest BCUT2D eigenvalue weighted by Gasteiger charge is 2.18. The molecule has 0 saturated carbocycles. The van der Waals surface area contributed by atoms with Crippen molar-refractivity contribution in [2.45, 2.75) is 0 Å². The maximum atomic E-state index is 6.36. The minimum atomic E-state index is 0.686. The molecule has 53 heavy (non-hydrogen) atoms. The van der Waals surface area contributed by atoms with Crippen LogP contribution in [0.15, 0.2) is 199 Å². The van der Waals surface area contributed by atoms with Crippen LogP contribution in [-0.2, 0) is 0 Å². The van der Waals surface area contributed by atoms with Crippen LogP contribution in [0.5, 0.6) is 0 Å². The highest BCUT2D eigenvalue weighted by molar-refractivity contribution is 6.12. The van der Waals surface area contributed by atoms with Crippen LogP contribution in [0.2, 0.25) is 0 Å². The van der Waals surface area contributed by atoms with Gasteiger partial charge in [-0.3, -0.25) is 0 Å². The molecule has 0 unspecified atom stereocenters. The molecular weight excluding hydrogens is 645 g/mol. The summed E-state index contributed by atoms with van der Waals surface area (Å²) in [6.45, 7) is 0. The zero-order chi connectivity index (χ0) is 35.1. The van der Waals surface area contributed by atoms with Gasteiger partial charge in [-0.25, -0.2) is 9.97 Å². The lowest BCUT2D eigenvalue weighted by Gasteiger charge is -2.16. The second-order valence-corrected chi connectivity index (χ2v) is 13.4. The predicted octanol–water partition coefficient (Wildman–Crippen LogP) is 13.5. The molecule has 0 bridgehead atoms. The summed E-state index contributed by atoms with van der Waals surface area (Å²) < 4.78 is 6.36. The van der Waals surface area contributed by atoms with Crippen molar-refractivity contribution in [1.82, 2.24) is 9.97 Å². The smallest absolute Gasteiger partial charge is 0.160 e. The van der Waals surface area contributed by atoms with Crippen molar-refractivity contribution < 1.29 is 4.42 Å². The van der Waals surface area contributed by atoms with E-state index in [2.05, 4.69) is 164 Å². The van der Waals surface area contributed by atoms with E-state index < -0.39 is 0 Å². The van der Waals surface area contributed by atoms with E-state index in [1.807, 2.05) is 30.3 Å². The first kappa shape index (κ1) is 30.7. The Hall–Kier alpha value is -7.10. The second-order valence-electron chi connectivity index (χ2n) is 13.4. The van der Waals surface area contributed by atoms with Crippen molar-refractivity contribution in [1.29, 1.82) is 0 Å². The fraction of sp³-hybridized carbons (Fsp3) is 0. The van der Waals surface area contributed by atoms with E-state index in [9.17, 15) is 0 Å². The number of fused-ring (bicyclic) bond motifs is 4. The lowest BCUT2D eigenvalue weighted by Crippen LogP contribution is -1.97. The number of furan rings is 1. The molecule has 3 heteroatoms. The number of aromatic nitrogens is 2. The molecule has 248 valence electrons. The third kappa shape index (κ3) is 5.65. The maximum Gasteiger partial charge on any atom is 0.160 e. The van der Waals surface area contributed by atoms with Gasteiger partial charge in [-0.1, -0.05) is 152 Å². The Balaban J connectivity index is 1.25. The van der Waals surface area contributed by atoms with E-state index in [4.69, 9.17) is 14.4 Å². The number of para-hydroxylation sites is 1. The first-order chi connectivity index (χ1) is 26.2. The van der Waals surface area contributed by atoms with E-state index in [0.717, 1.165) is 72.3 Å². The number of hydrogen-bond donors (Lipinski definition) is 0. The van der Waals surface area contributed by atoms with Crippen LogP contribution in [0.4, 0.5) is 0 Å². The first-order valence-electron chi connectivity index (χ1n) is 17.9. The van der Waals surface area contributed by atoms with Crippen LogP contribution < -0.4 is 0 Å². The molecular formula is C50H32N2O. The first-order valence-corrected chi connectivity index (χ1v) is 17.9. The Kier molecular flexibility index (Phi) is 7.47. The average molecular weight is 677 g/mol. The van der Waals surface area contributed by atoms with Gasteiger partial charge in [0.25, 0.3) is 0 Å². The SMILES string of the molecule is c1ccc(-c2nc(-c3cc(-c4ccccc4-c4ccccc4)cc(-c4cccc5oc6ccccc6c45)c3)cc(-c3ccc4ccccc4c3)n2)cc1. The number of rotatable bonds is 6. The summed E-state index contributed by atoms with van der Waals surface area (Å²) in [6, 6.07) is 68.1. The lowest BCUT2D eigenvalue weighted by atomic mass is 9.89. The van der Waals surface area contributed by atoms with Crippen molar-refractivity contribution in [3.05, 3.63) is 194 Å². The third-order valence-corrected chi connectivity index (χ3v) is 10.1. The molecule has 3 nitrogen and oxygen atoms in total. The highest BCUT2D eigenvalue weighted by Crippen LogP contribution is 2.42. The molecule has 8 aromatic carbocycles. The van der Waals surface area contributed by atoms with Gasteiger partial charge < -0.3 is 4.42 Å². The molecule has 0 saturated heterocycles. The molecule has 0 spiro atoms. The predicted molar refractivity (Wildman–Crippen MR) is 219 cm³/mol. The number of benzene rings is 8.